The van der Waals surface area contributed by atoms with Gasteiger partial charge in [0.2, 0.25) is 0 Å². The molecule has 0 saturated heterocycles. The van der Waals surface area contributed by atoms with Crippen molar-refractivity contribution in [3.05, 3.63) is 52.5 Å². The fourth-order valence-electron chi connectivity index (χ4n) is 1.92. The second-order valence-corrected chi connectivity index (χ2v) is 4.64. The van der Waals surface area contributed by atoms with E-state index < -0.39 is 0 Å². The summed E-state index contributed by atoms with van der Waals surface area (Å²) in [6.45, 7) is 0.567. The van der Waals surface area contributed by atoms with Crippen molar-refractivity contribution in [2.45, 2.75) is 5.41 Å². The topological polar surface area (TPSA) is 34.5 Å². The van der Waals surface area contributed by atoms with Crippen LogP contribution in [0.25, 0.3) is 0 Å². The van der Waals surface area contributed by atoms with Crippen molar-refractivity contribution in [2.75, 3.05) is 6.61 Å². The molecule has 2 aromatic heterocycles. The first-order valence-electron chi connectivity index (χ1n) is 5.03. The quantitative estimate of drug-likeness (QED) is 0.794. The summed E-state index contributed by atoms with van der Waals surface area (Å²) in [7, 11) is 0. The van der Waals surface area contributed by atoms with Crippen molar-refractivity contribution in [3.8, 4) is 0 Å². The van der Waals surface area contributed by atoms with E-state index in [9.17, 15) is 0 Å². The molecule has 1 aliphatic rings. The van der Waals surface area contributed by atoms with Crippen molar-refractivity contribution < 1.29 is 4.84 Å². The van der Waals surface area contributed by atoms with Crippen LogP contribution in [0.4, 0.5) is 0 Å². The van der Waals surface area contributed by atoms with Crippen molar-refractivity contribution in [2.24, 2.45) is 5.16 Å². The molecule has 0 fully saturated rings. The van der Waals surface area contributed by atoms with Gasteiger partial charge in [-0.2, -0.15) is 0 Å². The molecule has 1 aliphatic heterocycles. The number of thiophene rings is 1. The van der Waals surface area contributed by atoms with Crippen LogP contribution in [-0.2, 0) is 10.3 Å². The molecule has 4 heteroatoms. The number of oxime groups is 1. The molecule has 3 nitrogen and oxygen atoms in total. The summed E-state index contributed by atoms with van der Waals surface area (Å²) in [5.74, 6) is 0. The fraction of sp³-hybridized carbons (Fsp3) is 0.167. The maximum Gasteiger partial charge on any atom is 0.136 e. The largest absolute Gasteiger partial charge is 0.394 e. The summed E-state index contributed by atoms with van der Waals surface area (Å²) in [5.41, 5.74) is 0.947. The third-order valence-corrected chi connectivity index (χ3v) is 3.84. The highest BCUT2D eigenvalue weighted by Gasteiger charge is 2.38. The van der Waals surface area contributed by atoms with Gasteiger partial charge in [0, 0.05) is 17.3 Å². The van der Waals surface area contributed by atoms with Gasteiger partial charge < -0.3 is 4.84 Å². The minimum Gasteiger partial charge on any atom is -0.394 e. The van der Waals surface area contributed by atoms with E-state index in [4.69, 9.17) is 4.84 Å². The lowest BCUT2D eigenvalue weighted by atomic mass is 9.82. The van der Waals surface area contributed by atoms with Crippen molar-refractivity contribution in [1.82, 2.24) is 4.98 Å². The highest BCUT2D eigenvalue weighted by atomic mass is 32.1. The van der Waals surface area contributed by atoms with E-state index in [2.05, 4.69) is 27.7 Å². The van der Waals surface area contributed by atoms with E-state index >= 15 is 0 Å². The number of nitrogens with zero attached hydrogens (tertiary/aromatic N) is 2. The third-order valence-electron chi connectivity index (χ3n) is 2.80. The standard InChI is InChI=1S/C12H10N2OS/c1-2-11(16-7-1)12(8-14-15-9-12)10-3-5-13-6-4-10/h1-8H,9H2. The molecule has 0 aromatic carbocycles. The van der Waals surface area contributed by atoms with E-state index in [1.807, 2.05) is 18.3 Å². The predicted molar refractivity (Wildman–Crippen MR) is 63.8 cm³/mol. The van der Waals surface area contributed by atoms with Crippen LogP contribution in [0.2, 0.25) is 0 Å². The van der Waals surface area contributed by atoms with Gasteiger partial charge in [0.25, 0.3) is 0 Å². The summed E-state index contributed by atoms with van der Waals surface area (Å²) >= 11 is 1.72. The van der Waals surface area contributed by atoms with Crippen molar-refractivity contribution in [3.63, 3.8) is 0 Å². The van der Waals surface area contributed by atoms with Gasteiger partial charge in [-0.25, -0.2) is 0 Å². The van der Waals surface area contributed by atoms with Gasteiger partial charge in [0.15, 0.2) is 0 Å². The lowest BCUT2D eigenvalue weighted by Crippen LogP contribution is -2.29. The number of pyridine rings is 1. The molecule has 3 heterocycles. The molecule has 0 bridgehead atoms. The van der Waals surface area contributed by atoms with Crippen LogP contribution >= 0.6 is 11.3 Å². The molecular weight excluding hydrogens is 220 g/mol. The third kappa shape index (κ3) is 1.34. The van der Waals surface area contributed by atoms with Crippen LogP contribution in [0, 0.1) is 0 Å². The lowest BCUT2D eigenvalue weighted by Gasteiger charge is -2.22. The Hall–Kier alpha value is -1.68. The Morgan fingerprint density at radius 3 is 2.75 bits per heavy atom. The lowest BCUT2D eigenvalue weighted by molar-refractivity contribution is 0.153. The van der Waals surface area contributed by atoms with E-state index in [0.717, 1.165) is 0 Å². The smallest absolute Gasteiger partial charge is 0.136 e. The first kappa shape index (κ1) is 9.54. The van der Waals surface area contributed by atoms with Crippen molar-refractivity contribution in [1.29, 1.82) is 0 Å². The molecule has 0 amide bonds. The molecule has 2 aromatic rings. The molecule has 0 aliphatic carbocycles. The normalized spacial score (nSPS) is 23.2. The maximum atomic E-state index is 5.19. The number of hydrogen-bond donors (Lipinski definition) is 0. The van der Waals surface area contributed by atoms with Crippen LogP contribution in [0.1, 0.15) is 10.4 Å². The molecule has 0 N–H and O–H groups in total. The van der Waals surface area contributed by atoms with E-state index in [-0.39, 0.29) is 5.41 Å². The number of aromatic nitrogens is 1. The second kappa shape index (κ2) is 3.72. The molecule has 0 saturated carbocycles. The Labute approximate surface area is 97.4 Å². The van der Waals surface area contributed by atoms with Gasteiger partial charge in [-0.15, -0.1) is 11.3 Å². The van der Waals surface area contributed by atoms with Crippen LogP contribution in [-0.4, -0.2) is 17.8 Å². The zero-order valence-electron chi connectivity index (χ0n) is 8.54. The van der Waals surface area contributed by atoms with Gasteiger partial charge in [-0.1, -0.05) is 11.2 Å². The summed E-state index contributed by atoms with van der Waals surface area (Å²) < 4.78 is 0. The summed E-state index contributed by atoms with van der Waals surface area (Å²) in [6.07, 6.45) is 5.49. The fourth-order valence-corrected chi connectivity index (χ4v) is 2.82. The highest BCUT2D eigenvalue weighted by Crippen LogP contribution is 2.36. The molecular formula is C12H10N2OS. The average molecular weight is 230 g/mol. The van der Waals surface area contributed by atoms with E-state index in [1.54, 1.807) is 23.7 Å². The minimum absolute atomic E-state index is 0.225. The average Bonchev–Trinajstić information content (AvgIpc) is 3.02. The molecule has 0 spiro atoms. The monoisotopic (exact) mass is 230 g/mol. The maximum absolute atomic E-state index is 5.19. The zero-order valence-corrected chi connectivity index (χ0v) is 9.35. The van der Waals surface area contributed by atoms with Gasteiger partial charge in [-0.05, 0) is 29.1 Å². The molecule has 16 heavy (non-hydrogen) atoms. The van der Waals surface area contributed by atoms with Gasteiger partial charge in [-0.3, -0.25) is 4.98 Å². The Balaban J connectivity index is 2.15. The Bertz CT molecular complexity index is 495. The summed E-state index contributed by atoms with van der Waals surface area (Å²) in [4.78, 5) is 10.5. The second-order valence-electron chi connectivity index (χ2n) is 3.69. The summed E-state index contributed by atoms with van der Waals surface area (Å²) in [5, 5.41) is 6.00. The highest BCUT2D eigenvalue weighted by molar-refractivity contribution is 7.10. The Morgan fingerprint density at radius 1 is 1.25 bits per heavy atom. The van der Waals surface area contributed by atoms with Gasteiger partial charge in [0.05, 0.1) is 6.21 Å². The zero-order chi connectivity index (χ0) is 10.8. The molecule has 3 rings (SSSR count). The summed E-state index contributed by atoms with van der Waals surface area (Å²) in [6, 6.07) is 8.20. The molecule has 1 unspecified atom stereocenters. The Kier molecular flexibility index (Phi) is 2.22. The predicted octanol–water partition coefficient (Wildman–Crippen LogP) is 2.45. The van der Waals surface area contributed by atoms with Gasteiger partial charge in [0.1, 0.15) is 12.0 Å². The Morgan fingerprint density at radius 2 is 2.12 bits per heavy atom. The van der Waals surface area contributed by atoms with Crippen molar-refractivity contribution >= 4 is 17.6 Å². The minimum atomic E-state index is -0.225. The molecule has 0 radical (unpaired) electrons. The van der Waals surface area contributed by atoms with E-state index in [1.165, 1.54) is 10.4 Å². The SMILES string of the molecule is C1=NOCC1(c1ccncc1)c1cccs1. The number of rotatable bonds is 2. The number of hydrogen-bond acceptors (Lipinski definition) is 4. The first-order chi connectivity index (χ1) is 7.92. The van der Waals surface area contributed by atoms with Crippen LogP contribution in [0.3, 0.4) is 0 Å². The van der Waals surface area contributed by atoms with Crippen LogP contribution < -0.4 is 0 Å². The van der Waals surface area contributed by atoms with E-state index in [0.29, 0.717) is 6.61 Å². The van der Waals surface area contributed by atoms with Gasteiger partial charge >= 0.3 is 0 Å². The first-order valence-corrected chi connectivity index (χ1v) is 5.91. The van der Waals surface area contributed by atoms with Crippen LogP contribution in [0.15, 0.2) is 47.2 Å². The van der Waals surface area contributed by atoms with Crippen LogP contribution in [0.5, 0.6) is 0 Å². The molecule has 1 atom stereocenters. The molecule has 80 valence electrons.